The van der Waals surface area contributed by atoms with Crippen LogP contribution in [0.4, 0.5) is 0 Å². The van der Waals surface area contributed by atoms with Gasteiger partial charge < -0.3 is 9.80 Å². The quantitative estimate of drug-likeness (QED) is 0.845. The third kappa shape index (κ3) is 3.39. The minimum Gasteiger partial charge on any atom is -0.338 e. The molecule has 1 unspecified atom stereocenters. The van der Waals surface area contributed by atoms with Crippen LogP contribution in [0.1, 0.15) is 68.6 Å². The SMILES string of the molecule is CCN(C(C)=O)C1CN(C(=O)c2cnc(C)cn2)C2(CCCCC2)C1. The van der Waals surface area contributed by atoms with Crippen LogP contribution in [0.25, 0.3) is 0 Å². The van der Waals surface area contributed by atoms with Gasteiger partial charge in [0, 0.05) is 31.7 Å². The first-order chi connectivity index (χ1) is 12.0. The van der Waals surface area contributed by atoms with E-state index in [2.05, 4.69) is 9.97 Å². The molecule has 1 spiro atoms. The first kappa shape index (κ1) is 17.8. The van der Waals surface area contributed by atoms with Gasteiger partial charge in [0.1, 0.15) is 5.69 Å². The van der Waals surface area contributed by atoms with E-state index in [4.69, 9.17) is 0 Å². The van der Waals surface area contributed by atoms with Gasteiger partial charge >= 0.3 is 0 Å². The number of rotatable bonds is 3. The van der Waals surface area contributed by atoms with Crippen LogP contribution in [-0.2, 0) is 4.79 Å². The Bertz CT molecular complexity index is 637. The molecule has 1 aliphatic carbocycles. The van der Waals surface area contributed by atoms with Gasteiger partial charge in [-0.25, -0.2) is 4.98 Å². The van der Waals surface area contributed by atoms with Crippen molar-refractivity contribution in [1.29, 1.82) is 0 Å². The van der Waals surface area contributed by atoms with E-state index >= 15 is 0 Å². The number of carbonyl (C=O) groups excluding carboxylic acids is 2. The van der Waals surface area contributed by atoms with Crippen molar-refractivity contribution in [3.8, 4) is 0 Å². The Labute approximate surface area is 149 Å². The Morgan fingerprint density at radius 2 is 1.96 bits per heavy atom. The van der Waals surface area contributed by atoms with E-state index in [0.717, 1.165) is 37.8 Å². The summed E-state index contributed by atoms with van der Waals surface area (Å²) in [6.07, 6.45) is 9.64. The molecule has 25 heavy (non-hydrogen) atoms. The average molecular weight is 344 g/mol. The molecule has 1 aliphatic heterocycles. The van der Waals surface area contributed by atoms with Crippen LogP contribution >= 0.6 is 0 Å². The maximum Gasteiger partial charge on any atom is 0.274 e. The van der Waals surface area contributed by atoms with E-state index in [1.54, 1.807) is 19.3 Å². The number of aromatic nitrogens is 2. The average Bonchev–Trinajstić information content (AvgIpc) is 2.94. The van der Waals surface area contributed by atoms with Crippen molar-refractivity contribution in [1.82, 2.24) is 19.8 Å². The predicted octanol–water partition coefficient (Wildman–Crippen LogP) is 2.57. The van der Waals surface area contributed by atoms with Gasteiger partial charge in [-0.15, -0.1) is 0 Å². The monoisotopic (exact) mass is 344 g/mol. The highest BCUT2D eigenvalue weighted by molar-refractivity contribution is 5.93. The second-order valence-corrected chi connectivity index (χ2v) is 7.41. The van der Waals surface area contributed by atoms with Crippen molar-refractivity contribution < 1.29 is 9.59 Å². The maximum absolute atomic E-state index is 13.2. The summed E-state index contributed by atoms with van der Waals surface area (Å²) in [4.78, 5) is 37.6. The maximum atomic E-state index is 13.2. The summed E-state index contributed by atoms with van der Waals surface area (Å²) < 4.78 is 0. The number of nitrogens with zero attached hydrogens (tertiary/aromatic N) is 4. The van der Waals surface area contributed by atoms with E-state index in [1.807, 2.05) is 23.6 Å². The van der Waals surface area contributed by atoms with Gasteiger partial charge in [-0.3, -0.25) is 14.6 Å². The van der Waals surface area contributed by atoms with Gasteiger partial charge in [0.15, 0.2) is 0 Å². The van der Waals surface area contributed by atoms with Crippen LogP contribution in [0.3, 0.4) is 0 Å². The Balaban J connectivity index is 1.89. The van der Waals surface area contributed by atoms with Crippen molar-refractivity contribution in [2.24, 2.45) is 0 Å². The van der Waals surface area contributed by atoms with Gasteiger partial charge in [-0.2, -0.15) is 0 Å². The lowest BCUT2D eigenvalue weighted by Gasteiger charge is -2.41. The Hall–Kier alpha value is -1.98. The highest BCUT2D eigenvalue weighted by Gasteiger charge is 2.50. The number of hydrogen-bond acceptors (Lipinski definition) is 4. The molecule has 1 saturated carbocycles. The Morgan fingerprint density at radius 3 is 2.52 bits per heavy atom. The van der Waals surface area contributed by atoms with Crippen LogP contribution in [0.2, 0.25) is 0 Å². The van der Waals surface area contributed by atoms with E-state index in [1.165, 1.54) is 6.42 Å². The second-order valence-electron chi connectivity index (χ2n) is 7.41. The molecule has 3 rings (SSSR count). The van der Waals surface area contributed by atoms with Gasteiger partial charge in [-0.1, -0.05) is 19.3 Å². The second kappa shape index (κ2) is 7.10. The molecular formula is C19H28N4O2. The van der Waals surface area contributed by atoms with Crippen LogP contribution in [-0.4, -0.2) is 56.3 Å². The van der Waals surface area contributed by atoms with Gasteiger partial charge in [-0.05, 0) is 33.1 Å². The molecule has 1 aromatic heterocycles. The number of likely N-dealkylation sites (N-methyl/N-ethyl adjacent to an activating group) is 1. The Kier molecular flexibility index (Phi) is 5.06. The fourth-order valence-corrected chi connectivity index (χ4v) is 4.59. The fourth-order valence-electron chi connectivity index (χ4n) is 4.59. The first-order valence-electron chi connectivity index (χ1n) is 9.34. The van der Waals surface area contributed by atoms with E-state index in [0.29, 0.717) is 18.8 Å². The normalized spacial score (nSPS) is 22.2. The third-order valence-electron chi connectivity index (χ3n) is 5.80. The zero-order valence-corrected chi connectivity index (χ0v) is 15.5. The number of hydrogen-bond donors (Lipinski definition) is 0. The minimum absolute atomic E-state index is 0.0449. The third-order valence-corrected chi connectivity index (χ3v) is 5.80. The molecular weight excluding hydrogens is 316 g/mol. The van der Waals surface area contributed by atoms with Crippen molar-refractivity contribution in [2.45, 2.75) is 70.9 Å². The molecule has 6 nitrogen and oxygen atoms in total. The zero-order chi connectivity index (χ0) is 18.0. The summed E-state index contributed by atoms with van der Waals surface area (Å²) in [7, 11) is 0. The smallest absolute Gasteiger partial charge is 0.274 e. The molecule has 1 aromatic rings. The van der Waals surface area contributed by atoms with E-state index < -0.39 is 0 Å². The number of likely N-dealkylation sites (tertiary alicyclic amines) is 1. The van der Waals surface area contributed by atoms with Crippen molar-refractivity contribution in [2.75, 3.05) is 13.1 Å². The van der Waals surface area contributed by atoms with E-state index in [-0.39, 0.29) is 23.4 Å². The lowest BCUT2D eigenvalue weighted by Crippen LogP contribution is -2.48. The summed E-state index contributed by atoms with van der Waals surface area (Å²) >= 11 is 0. The van der Waals surface area contributed by atoms with Crippen LogP contribution in [0.15, 0.2) is 12.4 Å². The molecule has 0 radical (unpaired) electrons. The van der Waals surface area contributed by atoms with Crippen molar-refractivity contribution in [3.05, 3.63) is 23.8 Å². The molecule has 2 heterocycles. The number of carbonyl (C=O) groups is 2. The molecule has 2 fully saturated rings. The van der Waals surface area contributed by atoms with Gasteiger partial charge in [0.05, 0.1) is 17.9 Å². The Morgan fingerprint density at radius 1 is 1.24 bits per heavy atom. The first-order valence-corrected chi connectivity index (χ1v) is 9.34. The van der Waals surface area contributed by atoms with Crippen LogP contribution in [0.5, 0.6) is 0 Å². The molecule has 2 amide bonds. The van der Waals surface area contributed by atoms with Gasteiger partial charge in [0.25, 0.3) is 5.91 Å². The molecule has 2 aliphatic rings. The highest BCUT2D eigenvalue weighted by Crippen LogP contribution is 2.43. The summed E-state index contributed by atoms with van der Waals surface area (Å²) in [5.41, 5.74) is 1.08. The lowest BCUT2D eigenvalue weighted by atomic mass is 9.79. The summed E-state index contributed by atoms with van der Waals surface area (Å²) in [5, 5.41) is 0. The lowest BCUT2D eigenvalue weighted by molar-refractivity contribution is -0.130. The number of amides is 2. The molecule has 0 N–H and O–H groups in total. The zero-order valence-electron chi connectivity index (χ0n) is 15.5. The van der Waals surface area contributed by atoms with Crippen molar-refractivity contribution in [3.63, 3.8) is 0 Å². The summed E-state index contributed by atoms with van der Waals surface area (Å²) in [5.74, 6) is 0.0411. The topological polar surface area (TPSA) is 66.4 Å². The predicted molar refractivity (Wildman–Crippen MR) is 95.1 cm³/mol. The molecule has 136 valence electrons. The fraction of sp³-hybridized carbons (Fsp3) is 0.684. The standard InChI is InChI=1S/C19H28N4O2/c1-4-22(15(3)24)16-10-19(8-6-5-7-9-19)23(13-16)18(25)17-12-20-14(2)11-21-17/h11-12,16H,4-10,13H2,1-3H3. The molecule has 6 heteroatoms. The highest BCUT2D eigenvalue weighted by atomic mass is 16.2. The van der Waals surface area contributed by atoms with Crippen LogP contribution in [0, 0.1) is 6.92 Å². The summed E-state index contributed by atoms with van der Waals surface area (Å²) in [6, 6.07) is 0.1000. The molecule has 1 atom stereocenters. The largest absolute Gasteiger partial charge is 0.338 e. The number of aryl methyl sites for hydroxylation is 1. The van der Waals surface area contributed by atoms with Crippen molar-refractivity contribution >= 4 is 11.8 Å². The molecule has 1 saturated heterocycles. The summed E-state index contributed by atoms with van der Waals surface area (Å²) in [6.45, 7) is 6.77. The minimum atomic E-state index is -0.130. The van der Waals surface area contributed by atoms with Gasteiger partial charge in [0.2, 0.25) is 5.91 Å². The molecule has 0 bridgehead atoms. The van der Waals surface area contributed by atoms with Crippen LogP contribution < -0.4 is 0 Å². The van der Waals surface area contributed by atoms with E-state index in [9.17, 15) is 9.59 Å². The molecule has 0 aromatic carbocycles.